The van der Waals surface area contributed by atoms with Gasteiger partial charge in [0, 0.05) is 6.79 Å². The van der Waals surface area contributed by atoms with Gasteiger partial charge < -0.3 is 9.84 Å². The third-order valence-electron chi connectivity index (χ3n) is 0.969. The van der Waals surface area contributed by atoms with Gasteiger partial charge >= 0.3 is 0 Å². The number of rotatable bonds is 2. The molecule has 0 saturated heterocycles. The van der Waals surface area contributed by atoms with E-state index < -0.39 is 6.79 Å². The van der Waals surface area contributed by atoms with Crippen molar-refractivity contribution in [1.29, 1.82) is 0 Å². The molecule has 2 nitrogen and oxygen atoms in total. The monoisotopic (exact) mass is 123 g/mol. The van der Waals surface area contributed by atoms with Gasteiger partial charge in [-0.1, -0.05) is 18.2 Å². The predicted octanol–water partition coefficient (Wildman–Crippen LogP) is 0.383. The second-order valence-corrected chi connectivity index (χ2v) is 1.58. The Morgan fingerprint density at radius 1 is 1.22 bits per heavy atom. The summed E-state index contributed by atoms with van der Waals surface area (Å²) in [5, 5.41) is 9.88. The summed E-state index contributed by atoms with van der Waals surface area (Å²) < 4.78 is 4.65. The first-order valence-electron chi connectivity index (χ1n) is 2.69. The third-order valence-corrected chi connectivity index (χ3v) is 0.969. The molecule has 0 aliphatic heterocycles. The van der Waals surface area contributed by atoms with E-state index in [-0.39, 0.29) is 0 Å². The van der Waals surface area contributed by atoms with Gasteiger partial charge in [0.2, 0.25) is 0 Å². The van der Waals surface area contributed by atoms with Crippen LogP contribution >= 0.6 is 0 Å². The molecule has 0 aromatic heterocycles. The second kappa shape index (κ2) is 3.10. The van der Waals surface area contributed by atoms with Crippen molar-refractivity contribution in [3.8, 4) is 5.75 Å². The molecule has 0 unspecified atom stereocenters. The Hall–Kier alpha value is -1.02. The lowest BCUT2D eigenvalue weighted by molar-refractivity contribution is -0.413. The van der Waals surface area contributed by atoms with Crippen molar-refractivity contribution >= 4 is 0 Å². The molecule has 0 aliphatic rings. The molecule has 1 aromatic rings. The molecule has 0 atom stereocenters. The van der Waals surface area contributed by atoms with Crippen LogP contribution in [0.4, 0.5) is 0 Å². The Morgan fingerprint density at radius 2 is 1.89 bits per heavy atom. The molecule has 1 rings (SSSR count). The number of para-hydroxylation sites is 1. The molecule has 0 bridgehead atoms. The fourth-order valence-electron chi connectivity index (χ4n) is 0.585. The van der Waals surface area contributed by atoms with Crippen LogP contribution in [0.15, 0.2) is 30.3 Å². The second-order valence-electron chi connectivity index (χ2n) is 1.58. The van der Waals surface area contributed by atoms with E-state index in [2.05, 4.69) is 4.74 Å². The number of hydrogen-bond donors (Lipinski definition) is 0. The standard InChI is InChI=1S/C7H7O2/c8-6-9-7-4-2-1-3-5-7/h1-5H,6H2/q-1. The van der Waals surface area contributed by atoms with Crippen LogP contribution in [0.5, 0.6) is 5.75 Å². The maximum absolute atomic E-state index is 9.88. The van der Waals surface area contributed by atoms with Crippen LogP contribution in [-0.2, 0) is 0 Å². The van der Waals surface area contributed by atoms with Crippen LogP contribution in [0.2, 0.25) is 0 Å². The molecule has 48 valence electrons. The number of hydrogen-bond acceptors (Lipinski definition) is 2. The predicted molar refractivity (Wildman–Crippen MR) is 31.9 cm³/mol. The van der Waals surface area contributed by atoms with E-state index in [0.717, 1.165) is 0 Å². The lowest BCUT2D eigenvalue weighted by Gasteiger charge is -2.06. The van der Waals surface area contributed by atoms with Gasteiger partial charge in [0.05, 0.1) is 0 Å². The first kappa shape index (κ1) is 6.11. The van der Waals surface area contributed by atoms with Crippen LogP contribution in [0.3, 0.4) is 0 Å². The molecule has 0 spiro atoms. The molecule has 2 heteroatoms. The highest BCUT2D eigenvalue weighted by atomic mass is 16.6. The van der Waals surface area contributed by atoms with Gasteiger partial charge in [0.1, 0.15) is 5.75 Å². The minimum absolute atomic E-state index is 0.510. The molecule has 0 fully saturated rings. The minimum atomic E-state index is -0.510. The van der Waals surface area contributed by atoms with Crippen molar-refractivity contribution in [2.75, 3.05) is 6.79 Å². The van der Waals surface area contributed by atoms with Crippen molar-refractivity contribution in [3.05, 3.63) is 30.3 Å². The number of ether oxygens (including phenoxy) is 1. The maximum Gasteiger partial charge on any atom is 0.117 e. The molecular weight excluding hydrogens is 116 g/mol. The van der Waals surface area contributed by atoms with Gasteiger partial charge in [-0.05, 0) is 12.1 Å². The van der Waals surface area contributed by atoms with E-state index in [1.807, 2.05) is 18.2 Å². The SMILES string of the molecule is [O-]COc1ccccc1. The Labute approximate surface area is 53.7 Å². The molecule has 1 aromatic carbocycles. The highest BCUT2D eigenvalue weighted by Crippen LogP contribution is 2.06. The lowest BCUT2D eigenvalue weighted by Crippen LogP contribution is -2.12. The Morgan fingerprint density at radius 3 is 2.44 bits per heavy atom. The summed E-state index contributed by atoms with van der Waals surface area (Å²) in [6.45, 7) is -0.510. The van der Waals surface area contributed by atoms with Gasteiger partial charge in [-0.3, -0.25) is 0 Å². The van der Waals surface area contributed by atoms with Crippen molar-refractivity contribution in [3.63, 3.8) is 0 Å². The zero-order chi connectivity index (χ0) is 6.53. The molecule has 0 radical (unpaired) electrons. The van der Waals surface area contributed by atoms with Gasteiger partial charge in [0.25, 0.3) is 0 Å². The zero-order valence-corrected chi connectivity index (χ0v) is 4.91. The molecule has 0 N–H and O–H groups in total. The van der Waals surface area contributed by atoms with E-state index in [1.54, 1.807) is 12.1 Å². The van der Waals surface area contributed by atoms with Crippen LogP contribution < -0.4 is 9.84 Å². The van der Waals surface area contributed by atoms with Gasteiger partial charge in [0.15, 0.2) is 0 Å². The smallest absolute Gasteiger partial charge is 0.117 e. The summed E-state index contributed by atoms with van der Waals surface area (Å²) in [5.74, 6) is 0.632. The summed E-state index contributed by atoms with van der Waals surface area (Å²) in [6.07, 6.45) is 0. The lowest BCUT2D eigenvalue weighted by atomic mass is 10.3. The molecule has 0 aliphatic carbocycles. The Kier molecular flexibility index (Phi) is 2.10. The van der Waals surface area contributed by atoms with E-state index in [4.69, 9.17) is 0 Å². The molecule has 0 amide bonds. The summed E-state index contributed by atoms with van der Waals surface area (Å²) >= 11 is 0. The van der Waals surface area contributed by atoms with Crippen LogP contribution in [-0.4, -0.2) is 6.79 Å². The summed E-state index contributed by atoms with van der Waals surface area (Å²) in [4.78, 5) is 0. The highest BCUT2D eigenvalue weighted by Gasteiger charge is 1.81. The zero-order valence-electron chi connectivity index (χ0n) is 4.91. The Balaban J connectivity index is 2.61. The van der Waals surface area contributed by atoms with Gasteiger partial charge in [-0.2, -0.15) is 0 Å². The third kappa shape index (κ3) is 1.74. The fraction of sp³-hybridized carbons (Fsp3) is 0.143. The normalized spacial score (nSPS) is 9.00. The first-order chi connectivity index (χ1) is 4.43. The first-order valence-corrected chi connectivity index (χ1v) is 2.69. The van der Waals surface area contributed by atoms with Gasteiger partial charge in [-0.25, -0.2) is 0 Å². The van der Waals surface area contributed by atoms with E-state index in [0.29, 0.717) is 5.75 Å². The maximum atomic E-state index is 9.88. The molecule has 0 heterocycles. The van der Waals surface area contributed by atoms with Crippen LogP contribution in [0.25, 0.3) is 0 Å². The van der Waals surface area contributed by atoms with Crippen molar-refractivity contribution in [1.82, 2.24) is 0 Å². The summed E-state index contributed by atoms with van der Waals surface area (Å²) in [6, 6.07) is 9.02. The molecule has 9 heavy (non-hydrogen) atoms. The van der Waals surface area contributed by atoms with Crippen molar-refractivity contribution in [2.45, 2.75) is 0 Å². The molecule has 0 saturated carbocycles. The molecular formula is C7H7O2-. The van der Waals surface area contributed by atoms with E-state index >= 15 is 0 Å². The van der Waals surface area contributed by atoms with E-state index in [9.17, 15) is 5.11 Å². The summed E-state index contributed by atoms with van der Waals surface area (Å²) in [7, 11) is 0. The minimum Gasteiger partial charge on any atom is -0.824 e. The van der Waals surface area contributed by atoms with E-state index in [1.165, 1.54) is 0 Å². The summed E-state index contributed by atoms with van der Waals surface area (Å²) in [5.41, 5.74) is 0. The van der Waals surface area contributed by atoms with Crippen molar-refractivity contribution < 1.29 is 9.84 Å². The van der Waals surface area contributed by atoms with Crippen LogP contribution in [0, 0.1) is 0 Å². The largest absolute Gasteiger partial charge is 0.824 e. The van der Waals surface area contributed by atoms with Crippen molar-refractivity contribution in [2.24, 2.45) is 0 Å². The quantitative estimate of drug-likeness (QED) is 0.532. The average molecular weight is 123 g/mol. The fourth-order valence-corrected chi connectivity index (χ4v) is 0.585. The average Bonchev–Trinajstić information content (AvgIpc) is 1.91. The number of benzene rings is 1. The highest BCUT2D eigenvalue weighted by molar-refractivity contribution is 5.20. The Bertz CT molecular complexity index is 160. The topological polar surface area (TPSA) is 32.3 Å². The van der Waals surface area contributed by atoms with Crippen LogP contribution in [0.1, 0.15) is 0 Å². The van der Waals surface area contributed by atoms with Gasteiger partial charge in [-0.15, -0.1) is 0 Å².